The lowest BCUT2D eigenvalue weighted by molar-refractivity contribution is 0.368. The monoisotopic (exact) mass is 401 g/mol. The third kappa shape index (κ3) is 5.59. The molecule has 0 spiro atoms. The van der Waals surface area contributed by atoms with Crippen molar-refractivity contribution in [2.45, 2.75) is 123 Å². The minimum absolute atomic E-state index is 0.217. The predicted molar refractivity (Wildman–Crippen MR) is 128 cm³/mol. The lowest BCUT2D eigenvalue weighted by Crippen LogP contribution is -2.22. The standard InChI is InChI=1S/C26H43NS/c1-7-11-13-14-15-19-26(6,18-12-8-2)21-16-17-22-23(20-21)28-24(27-22)25(5,9-3)10-4/h16-17,20H,7-15,18-19H2,1-6H3. The van der Waals surface area contributed by atoms with Gasteiger partial charge < -0.3 is 0 Å². The smallest absolute Gasteiger partial charge is 0.0997 e. The van der Waals surface area contributed by atoms with Gasteiger partial charge in [-0.1, -0.05) is 92.6 Å². The van der Waals surface area contributed by atoms with Gasteiger partial charge in [-0.05, 0) is 48.8 Å². The molecule has 0 saturated heterocycles. The second-order valence-corrected chi connectivity index (χ2v) is 10.3. The number of unbranched alkanes of at least 4 members (excludes halogenated alkanes) is 5. The van der Waals surface area contributed by atoms with E-state index in [0.29, 0.717) is 5.41 Å². The number of hydrogen-bond donors (Lipinski definition) is 0. The fourth-order valence-corrected chi connectivity index (χ4v) is 5.50. The highest BCUT2D eigenvalue weighted by molar-refractivity contribution is 7.18. The summed E-state index contributed by atoms with van der Waals surface area (Å²) in [5.74, 6) is 0. The molecule has 1 aromatic carbocycles. The van der Waals surface area contributed by atoms with Gasteiger partial charge in [-0.25, -0.2) is 4.98 Å². The van der Waals surface area contributed by atoms with Gasteiger partial charge in [0.05, 0.1) is 15.2 Å². The first kappa shape index (κ1) is 23.4. The first-order valence-corrected chi connectivity index (χ1v) is 12.7. The minimum atomic E-state index is 0.217. The molecular formula is C26H43NS. The third-order valence-electron chi connectivity index (χ3n) is 7.08. The van der Waals surface area contributed by atoms with Crippen LogP contribution in [-0.2, 0) is 10.8 Å². The van der Waals surface area contributed by atoms with Crippen LogP contribution in [0.25, 0.3) is 10.2 Å². The van der Waals surface area contributed by atoms with E-state index in [9.17, 15) is 0 Å². The first-order chi connectivity index (χ1) is 13.4. The summed E-state index contributed by atoms with van der Waals surface area (Å²) in [4.78, 5) is 5.03. The number of thiazole rings is 1. The Kier molecular flexibility index (Phi) is 8.99. The van der Waals surface area contributed by atoms with Gasteiger partial charge in [0.25, 0.3) is 0 Å². The Hall–Kier alpha value is -0.890. The molecule has 1 unspecified atom stereocenters. The maximum atomic E-state index is 5.03. The van der Waals surface area contributed by atoms with Gasteiger partial charge in [0.15, 0.2) is 0 Å². The number of benzene rings is 1. The van der Waals surface area contributed by atoms with Gasteiger partial charge in [-0.15, -0.1) is 11.3 Å². The number of nitrogens with zero attached hydrogens (tertiary/aromatic N) is 1. The van der Waals surface area contributed by atoms with Crippen molar-refractivity contribution in [3.8, 4) is 0 Å². The maximum absolute atomic E-state index is 5.03. The molecule has 28 heavy (non-hydrogen) atoms. The summed E-state index contributed by atoms with van der Waals surface area (Å²) < 4.78 is 1.38. The number of aromatic nitrogens is 1. The highest BCUT2D eigenvalue weighted by Gasteiger charge is 2.28. The van der Waals surface area contributed by atoms with Crippen molar-refractivity contribution >= 4 is 21.6 Å². The molecule has 0 N–H and O–H groups in total. The van der Waals surface area contributed by atoms with Crippen molar-refractivity contribution in [2.75, 3.05) is 0 Å². The molecule has 0 aliphatic carbocycles. The summed E-state index contributed by atoms with van der Waals surface area (Å²) >= 11 is 1.93. The van der Waals surface area contributed by atoms with Crippen molar-refractivity contribution in [1.29, 1.82) is 0 Å². The van der Waals surface area contributed by atoms with Crippen LogP contribution in [-0.4, -0.2) is 4.98 Å². The van der Waals surface area contributed by atoms with Crippen molar-refractivity contribution in [1.82, 2.24) is 4.98 Å². The van der Waals surface area contributed by atoms with Gasteiger partial charge in [0.2, 0.25) is 0 Å². The average molecular weight is 402 g/mol. The van der Waals surface area contributed by atoms with E-state index in [1.54, 1.807) is 0 Å². The summed E-state index contributed by atoms with van der Waals surface area (Å²) in [5, 5.41) is 1.32. The molecule has 2 rings (SSSR count). The van der Waals surface area contributed by atoms with Crippen LogP contribution in [0.15, 0.2) is 18.2 Å². The Labute approximate surface area is 178 Å². The fourth-order valence-electron chi connectivity index (χ4n) is 4.21. The van der Waals surface area contributed by atoms with Crippen LogP contribution in [0.1, 0.15) is 123 Å². The zero-order valence-electron chi connectivity index (χ0n) is 19.4. The van der Waals surface area contributed by atoms with Crippen molar-refractivity contribution < 1.29 is 0 Å². The van der Waals surface area contributed by atoms with Crippen molar-refractivity contribution in [3.05, 3.63) is 28.8 Å². The zero-order valence-corrected chi connectivity index (χ0v) is 20.2. The van der Waals surface area contributed by atoms with E-state index in [1.807, 2.05) is 11.3 Å². The van der Waals surface area contributed by atoms with E-state index in [1.165, 1.54) is 78.6 Å². The van der Waals surface area contributed by atoms with Gasteiger partial charge in [-0.2, -0.15) is 0 Å². The molecule has 0 saturated carbocycles. The van der Waals surface area contributed by atoms with Crippen LogP contribution in [0.4, 0.5) is 0 Å². The lowest BCUT2D eigenvalue weighted by Gasteiger charge is -2.30. The van der Waals surface area contributed by atoms with Gasteiger partial charge in [-0.3, -0.25) is 0 Å². The molecule has 0 aliphatic rings. The molecule has 2 aromatic rings. The normalized spacial score (nSPS) is 14.5. The van der Waals surface area contributed by atoms with Gasteiger partial charge >= 0.3 is 0 Å². The Balaban J connectivity index is 2.26. The van der Waals surface area contributed by atoms with Crippen LogP contribution < -0.4 is 0 Å². The van der Waals surface area contributed by atoms with Crippen LogP contribution in [0.3, 0.4) is 0 Å². The Bertz CT molecular complexity index is 712. The van der Waals surface area contributed by atoms with Crippen molar-refractivity contribution in [2.24, 2.45) is 0 Å². The molecule has 2 heteroatoms. The zero-order chi connectivity index (χ0) is 20.6. The van der Waals surface area contributed by atoms with Crippen molar-refractivity contribution in [3.63, 3.8) is 0 Å². The van der Waals surface area contributed by atoms with Crippen LogP contribution >= 0.6 is 11.3 Å². The molecule has 1 heterocycles. The van der Waals surface area contributed by atoms with Crippen LogP contribution in [0, 0.1) is 0 Å². The van der Waals surface area contributed by atoms with E-state index in [4.69, 9.17) is 4.98 Å². The van der Waals surface area contributed by atoms with Crippen LogP contribution in [0.5, 0.6) is 0 Å². The molecule has 0 amide bonds. The predicted octanol–water partition coefficient (Wildman–Crippen LogP) is 9.18. The molecule has 1 aromatic heterocycles. The molecule has 0 radical (unpaired) electrons. The first-order valence-electron chi connectivity index (χ1n) is 11.8. The quantitative estimate of drug-likeness (QED) is 0.305. The average Bonchev–Trinajstić information content (AvgIpc) is 3.15. The number of fused-ring (bicyclic) bond motifs is 1. The summed E-state index contributed by atoms with van der Waals surface area (Å²) in [6, 6.07) is 7.14. The second-order valence-electron chi connectivity index (χ2n) is 9.30. The molecule has 0 bridgehead atoms. The van der Waals surface area contributed by atoms with Gasteiger partial charge in [0.1, 0.15) is 0 Å². The number of rotatable bonds is 13. The molecule has 0 aliphatic heterocycles. The lowest BCUT2D eigenvalue weighted by atomic mass is 9.74. The third-order valence-corrected chi connectivity index (χ3v) is 8.40. The molecule has 0 fully saturated rings. The van der Waals surface area contributed by atoms with E-state index in [2.05, 4.69) is 59.7 Å². The molecular weight excluding hydrogens is 358 g/mol. The highest BCUT2D eigenvalue weighted by Crippen LogP contribution is 2.40. The topological polar surface area (TPSA) is 12.9 Å². The van der Waals surface area contributed by atoms with Gasteiger partial charge in [0, 0.05) is 5.41 Å². The van der Waals surface area contributed by atoms with Crippen LogP contribution in [0.2, 0.25) is 0 Å². The largest absolute Gasteiger partial charge is 0.241 e. The SMILES string of the molecule is CCCCCCCC(C)(CCCC)c1ccc2nc(C(C)(CC)CC)sc2c1. The molecule has 1 nitrogen and oxygen atoms in total. The van der Waals surface area contributed by atoms with E-state index >= 15 is 0 Å². The summed E-state index contributed by atoms with van der Waals surface area (Å²) in [6.45, 7) is 14.1. The second kappa shape index (κ2) is 10.8. The van der Waals surface area contributed by atoms with E-state index in [0.717, 1.165) is 12.8 Å². The van der Waals surface area contributed by atoms with E-state index < -0.39 is 0 Å². The van der Waals surface area contributed by atoms with E-state index in [-0.39, 0.29) is 5.41 Å². The summed E-state index contributed by atoms with van der Waals surface area (Å²) in [6.07, 6.45) is 14.4. The highest BCUT2D eigenvalue weighted by atomic mass is 32.1. The Morgan fingerprint density at radius 3 is 2.07 bits per heavy atom. The minimum Gasteiger partial charge on any atom is -0.241 e. The fraction of sp³-hybridized carbons (Fsp3) is 0.731. The maximum Gasteiger partial charge on any atom is 0.0997 e. The Morgan fingerprint density at radius 1 is 0.786 bits per heavy atom. The Morgan fingerprint density at radius 2 is 1.43 bits per heavy atom. The summed E-state index contributed by atoms with van der Waals surface area (Å²) in [5.41, 5.74) is 3.25. The number of hydrogen-bond acceptors (Lipinski definition) is 2. The molecule has 1 atom stereocenters. The summed E-state index contributed by atoms with van der Waals surface area (Å²) in [7, 11) is 0. The molecule has 158 valence electrons.